The third-order valence-corrected chi connectivity index (χ3v) is 6.53. The minimum absolute atomic E-state index is 0.296. The summed E-state index contributed by atoms with van der Waals surface area (Å²) in [5.41, 5.74) is 2.09. The molecule has 39 heavy (non-hydrogen) atoms. The Morgan fingerprint density at radius 3 is 2.26 bits per heavy atom. The summed E-state index contributed by atoms with van der Waals surface area (Å²) in [6, 6.07) is 12.2. The fourth-order valence-corrected chi connectivity index (χ4v) is 4.07. The number of aryl methyl sites for hydroxylation is 1. The summed E-state index contributed by atoms with van der Waals surface area (Å²) in [7, 11) is 1.55. The van der Waals surface area contributed by atoms with Crippen LogP contribution >= 0.6 is 0 Å². The van der Waals surface area contributed by atoms with Crippen molar-refractivity contribution in [3.63, 3.8) is 0 Å². The number of nitrogens with zero attached hydrogens (tertiary/aromatic N) is 2. The topological polar surface area (TPSA) is 121 Å². The van der Waals surface area contributed by atoms with Crippen LogP contribution in [0, 0.1) is 31.1 Å². The van der Waals surface area contributed by atoms with E-state index in [2.05, 4.69) is 10.6 Å². The summed E-state index contributed by atoms with van der Waals surface area (Å²) >= 11 is 0. The van der Waals surface area contributed by atoms with E-state index < -0.39 is 35.6 Å². The number of hydrogen-bond acceptors (Lipinski definition) is 6. The first-order chi connectivity index (χ1) is 18.3. The molecular formula is C30H40N4O5. The van der Waals surface area contributed by atoms with E-state index in [0.717, 1.165) is 11.1 Å². The molecule has 2 aromatic rings. The Labute approximate surface area is 231 Å². The van der Waals surface area contributed by atoms with Crippen LogP contribution in [0.5, 0.6) is 5.75 Å². The fraction of sp³-hybridized carbons (Fsp3) is 0.467. The predicted molar refractivity (Wildman–Crippen MR) is 150 cm³/mol. The molecule has 9 nitrogen and oxygen atoms in total. The molecule has 0 aromatic heterocycles. The first-order valence-corrected chi connectivity index (χ1v) is 13.0. The summed E-state index contributed by atoms with van der Waals surface area (Å²) in [6.07, 6.45) is -0.178. The summed E-state index contributed by atoms with van der Waals surface area (Å²) in [6.45, 7) is 12.3. The van der Waals surface area contributed by atoms with Crippen LogP contribution < -0.4 is 15.4 Å². The largest absolute Gasteiger partial charge is 0.497 e. The molecule has 0 spiro atoms. The van der Waals surface area contributed by atoms with Crippen molar-refractivity contribution < 1.29 is 23.9 Å². The Kier molecular flexibility index (Phi) is 10.9. The van der Waals surface area contributed by atoms with Crippen LogP contribution in [0.25, 0.3) is 0 Å². The number of benzene rings is 2. The van der Waals surface area contributed by atoms with Gasteiger partial charge in [0.1, 0.15) is 30.0 Å². The zero-order valence-electron chi connectivity index (χ0n) is 24.1. The average Bonchev–Trinajstić information content (AvgIpc) is 2.88. The maximum Gasteiger partial charge on any atom is 0.408 e. The third-order valence-electron chi connectivity index (χ3n) is 6.53. The molecule has 3 atom stereocenters. The van der Waals surface area contributed by atoms with Gasteiger partial charge in [-0.1, -0.05) is 38.5 Å². The highest BCUT2D eigenvalue weighted by Gasteiger charge is 2.38. The lowest BCUT2D eigenvalue weighted by molar-refractivity contribution is -0.141. The van der Waals surface area contributed by atoms with Gasteiger partial charge in [0.2, 0.25) is 5.91 Å². The maximum absolute atomic E-state index is 14.1. The molecule has 2 aromatic carbocycles. The molecule has 9 heteroatoms. The fourth-order valence-electron chi connectivity index (χ4n) is 4.07. The molecule has 0 aliphatic carbocycles. The zero-order chi connectivity index (χ0) is 29.3. The number of nitrogens with one attached hydrogen (secondary N) is 2. The minimum Gasteiger partial charge on any atom is -0.497 e. The van der Waals surface area contributed by atoms with Crippen LogP contribution in [0.3, 0.4) is 0 Å². The monoisotopic (exact) mass is 536 g/mol. The van der Waals surface area contributed by atoms with Crippen molar-refractivity contribution in [3.8, 4) is 11.8 Å². The molecular weight excluding hydrogens is 496 g/mol. The molecule has 0 saturated carbocycles. The van der Waals surface area contributed by atoms with Gasteiger partial charge in [-0.25, -0.2) is 4.79 Å². The van der Waals surface area contributed by atoms with Crippen LogP contribution in [0.1, 0.15) is 63.8 Å². The van der Waals surface area contributed by atoms with Gasteiger partial charge >= 0.3 is 6.09 Å². The number of carbonyl (C=O) groups is 3. The Bertz CT molecular complexity index is 1200. The lowest BCUT2D eigenvalue weighted by Crippen LogP contribution is -2.54. The first-order valence-electron chi connectivity index (χ1n) is 13.0. The molecule has 0 aliphatic heterocycles. The van der Waals surface area contributed by atoms with Gasteiger partial charge in [-0.15, -0.1) is 0 Å². The Morgan fingerprint density at radius 2 is 1.72 bits per heavy atom. The standard InChI is InChI=1S/C30H40N4O5/c1-9-19(2)25(33-29(37)39-30(5,6)7)28(36)34(18-17-31)26(24-12-10-11-20(3)21(24)4)27(35)32-22-13-15-23(38-8)16-14-22/h10-16,19,25-26H,9,18H2,1-8H3,(H,32,35)(H,33,37). The van der Waals surface area contributed by atoms with Gasteiger partial charge < -0.3 is 25.0 Å². The number of rotatable bonds is 10. The lowest BCUT2D eigenvalue weighted by Gasteiger charge is -2.35. The van der Waals surface area contributed by atoms with Crippen LogP contribution in [0.4, 0.5) is 10.5 Å². The molecule has 3 unspecified atom stereocenters. The van der Waals surface area contributed by atoms with E-state index in [1.807, 2.05) is 45.9 Å². The molecule has 0 fully saturated rings. The van der Waals surface area contributed by atoms with E-state index in [4.69, 9.17) is 9.47 Å². The highest BCUT2D eigenvalue weighted by atomic mass is 16.6. The van der Waals surface area contributed by atoms with Gasteiger partial charge in [0.25, 0.3) is 5.91 Å². The average molecular weight is 537 g/mol. The molecule has 0 bridgehead atoms. The SMILES string of the molecule is CCC(C)C(NC(=O)OC(C)(C)C)C(=O)N(CC#N)C(C(=O)Nc1ccc(OC)cc1)c1cccc(C)c1C. The number of hydrogen-bond donors (Lipinski definition) is 2. The highest BCUT2D eigenvalue weighted by molar-refractivity contribution is 5.99. The second kappa shape index (κ2) is 13.7. The van der Waals surface area contributed by atoms with Crippen molar-refractivity contribution in [1.82, 2.24) is 10.2 Å². The number of nitriles is 1. The van der Waals surface area contributed by atoms with Gasteiger partial charge in [-0.05, 0) is 81.5 Å². The normalized spacial score (nSPS) is 13.3. The van der Waals surface area contributed by atoms with E-state index in [9.17, 15) is 19.6 Å². The van der Waals surface area contributed by atoms with Crippen molar-refractivity contribution in [1.29, 1.82) is 5.26 Å². The number of carbonyl (C=O) groups excluding carboxylic acids is 3. The molecule has 210 valence electrons. The molecule has 0 saturated heterocycles. The van der Waals surface area contributed by atoms with Crippen LogP contribution in [0.15, 0.2) is 42.5 Å². The van der Waals surface area contributed by atoms with Crippen LogP contribution in [-0.4, -0.2) is 48.1 Å². The number of amides is 3. The molecule has 3 amide bonds. The Balaban J connectivity index is 2.57. The van der Waals surface area contributed by atoms with E-state index in [0.29, 0.717) is 23.4 Å². The summed E-state index contributed by atoms with van der Waals surface area (Å²) in [5.74, 6) is -0.703. The quantitative estimate of drug-likeness (QED) is 0.399. The van der Waals surface area contributed by atoms with E-state index in [-0.39, 0.29) is 12.5 Å². The molecule has 2 N–H and O–H groups in total. The van der Waals surface area contributed by atoms with Gasteiger partial charge in [0.05, 0.1) is 13.2 Å². The van der Waals surface area contributed by atoms with E-state index >= 15 is 0 Å². The summed E-state index contributed by atoms with van der Waals surface area (Å²) in [4.78, 5) is 41.9. The van der Waals surface area contributed by atoms with Crippen molar-refractivity contribution in [2.45, 2.75) is 72.6 Å². The minimum atomic E-state index is -1.13. The molecule has 2 rings (SSSR count). The van der Waals surface area contributed by atoms with Crippen LogP contribution in [0.2, 0.25) is 0 Å². The van der Waals surface area contributed by atoms with Gasteiger partial charge in [-0.3, -0.25) is 9.59 Å². The van der Waals surface area contributed by atoms with Gasteiger partial charge in [0.15, 0.2) is 0 Å². The highest BCUT2D eigenvalue weighted by Crippen LogP contribution is 2.29. The van der Waals surface area contributed by atoms with Crippen molar-refractivity contribution in [2.24, 2.45) is 5.92 Å². The Morgan fingerprint density at radius 1 is 1.08 bits per heavy atom. The first kappa shape index (κ1) is 31.2. The molecule has 0 aliphatic rings. The number of alkyl carbamates (subject to hydrolysis) is 1. The summed E-state index contributed by atoms with van der Waals surface area (Å²) < 4.78 is 10.6. The van der Waals surface area contributed by atoms with Gasteiger partial charge in [0, 0.05) is 5.69 Å². The summed E-state index contributed by atoms with van der Waals surface area (Å²) in [5, 5.41) is 15.3. The lowest BCUT2D eigenvalue weighted by atomic mass is 9.93. The van der Waals surface area contributed by atoms with E-state index in [1.165, 1.54) is 4.90 Å². The smallest absolute Gasteiger partial charge is 0.408 e. The zero-order valence-corrected chi connectivity index (χ0v) is 24.1. The number of anilines is 1. The second-order valence-electron chi connectivity index (χ2n) is 10.5. The number of ether oxygens (including phenoxy) is 2. The molecule has 0 heterocycles. The van der Waals surface area contributed by atoms with Crippen molar-refractivity contribution >= 4 is 23.6 Å². The van der Waals surface area contributed by atoms with Crippen molar-refractivity contribution in [3.05, 3.63) is 59.2 Å². The maximum atomic E-state index is 14.1. The second-order valence-corrected chi connectivity index (χ2v) is 10.5. The van der Waals surface area contributed by atoms with Crippen LogP contribution in [-0.2, 0) is 14.3 Å². The predicted octanol–water partition coefficient (Wildman–Crippen LogP) is 5.28. The van der Waals surface area contributed by atoms with E-state index in [1.54, 1.807) is 58.2 Å². The van der Waals surface area contributed by atoms with Crippen molar-refractivity contribution in [2.75, 3.05) is 19.0 Å². The Hall–Kier alpha value is -4.06. The number of methoxy groups -OCH3 is 1. The van der Waals surface area contributed by atoms with Gasteiger partial charge in [-0.2, -0.15) is 5.26 Å². The third kappa shape index (κ3) is 8.47. The molecule has 0 radical (unpaired) electrons.